The number of aromatic amines is 1. The summed E-state index contributed by atoms with van der Waals surface area (Å²) in [4.78, 5) is 22.1. The molecular formula is C22H21N3O. The molecule has 4 heteroatoms. The van der Waals surface area contributed by atoms with Crippen LogP contribution in [0.4, 0.5) is 0 Å². The van der Waals surface area contributed by atoms with E-state index in [2.05, 4.69) is 71.3 Å². The van der Waals surface area contributed by atoms with Crippen LogP contribution in [0.3, 0.4) is 0 Å². The minimum Gasteiger partial charge on any atom is -0.309 e. The molecule has 1 heterocycles. The molecule has 0 spiro atoms. The van der Waals surface area contributed by atoms with E-state index in [1.54, 1.807) is 6.07 Å². The molecule has 4 aromatic rings. The summed E-state index contributed by atoms with van der Waals surface area (Å²) in [6, 6.07) is 22.3. The number of para-hydroxylation sites is 1. The highest BCUT2D eigenvalue weighted by Gasteiger charge is 2.16. The van der Waals surface area contributed by atoms with E-state index in [0.717, 1.165) is 12.1 Å². The molecule has 0 bridgehead atoms. The summed E-state index contributed by atoms with van der Waals surface area (Å²) >= 11 is 0. The number of nitrogens with zero attached hydrogens (tertiary/aromatic N) is 2. The van der Waals surface area contributed by atoms with Crippen molar-refractivity contribution in [2.24, 2.45) is 0 Å². The number of rotatable bonds is 4. The normalized spacial score (nSPS) is 12.7. The average molecular weight is 343 g/mol. The Morgan fingerprint density at radius 3 is 2.58 bits per heavy atom. The van der Waals surface area contributed by atoms with Crippen LogP contribution in [0.2, 0.25) is 0 Å². The second kappa shape index (κ2) is 6.73. The van der Waals surface area contributed by atoms with Crippen molar-refractivity contribution in [2.75, 3.05) is 7.05 Å². The number of hydrogen-bond acceptors (Lipinski definition) is 3. The Morgan fingerprint density at radius 2 is 1.73 bits per heavy atom. The second-order valence-electron chi connectivity index (χ2n) is 6.74. The van der Waals surface area contributed by atoms with Crippen molar-refractivity contribution in [3.05, 3.63) is 88.5 Å². The van der Waals surface area contributed by atoms with Crippen molar-refractivity contribution in [1.29, 1.82) is 0 Å². The number of aromatic nitrogens is 2. The Bertz CT molecular complexity index is 1130. The lowest BCUT2D eigenvalue weighted by Crippen LogP contribution is -2.26. The van der Waals surface area contributed by atoms with E-state index in [1.165, 1.54) is 16.3 Å². The van der Waals surface area contributed by atoms with E-state index in [-0.39, 0.29) is 11.6 Å². The number of benzene rings is 3. The number of H-pyrrole nitrogens is 1. The lowest BCUT2D eigenvalue weighted by Gasteiger charge is -2.24. The van der Waals surface area contributed by atoms with Crippen LogP contribution in [0.1, 0.15) is 24.4 Å². The molecule has 0 saturated carbocycles. The van der Waals surface area contributed by atoms with Gasteiger partial charge in [-0.3, -0.25) is 9.69 Å². The first kappa shape index (κ1) is 16.5. The molecule has 3 aromatic carbocycles. The van der Waals surface area contributed by atoms with E-state index in [1.807, 2.05) is 18.2 Å². The summed E-state index contributed by atoms with van der Waals surface area (Å²) in [6.07, 6.45) is 0. The first-order valence-corrected chi connectivity index (χ1v) is 8.79. The van der Waals surface area contributed by atoms with Crippen molar-refractivity contribution in [3.8, 4) is 0 Å². The van der Waals surface area contributed by atoms with E-state index in [4.69, 9.17) is 0 Å². The average Bonchev–Trinajstić information content (AvgIpc) is 2.67. The van der Waals surface area contributed by atoms with Gasteiger partial charge in [0.2, 0.25) is 0 Å². The topological polar surface area (TPSA) is 49.0 Å². The fourth-order valence-corrected chi connectivity index (χ4v) is 3.27. The minimum atomic E-state index is -0.0865. The van der Waals surface area contributed by atoms with E-state index >= 15 is 0 Å². The molecule has 4 nitrogen and oxygen atoms in total. The van der Waals surface area contributed by atoms with Crippen molar-refractivity contribution in [2.45, 2.75) is 19.5 Å². The van der Waals surface area contributed by atoms with Gasteiger partial charge in [0.25, 0.3) is 5.56 Å². The highest BCUT2D eigenvalue weighted by Crippen LogP contribution is 2.21. The third-order valence-electron chi connectivity index (χ3n) is 4.93. The van der Waals surface area contributed by atoms with Gasteiger partial charge in [0.05, 0.1) is 16.9 Å². The largest absolute Gasteiger partial charge is 0.309 e. The van der Waals surface area contributed by atoms with Crippen LogP contribution in [0, 0.1) is 0 Å². The van der Waals surface area contributed by atoms with E-state index in [0.29, 0.717) is 11.2 Å². The van der Waals surface area contributed by atoms with Crippen molar-refractivity contribution < 1.29 is 0 Å². The quantitative estimate of drug-likeness (QED) is 0.602. The highest BCUT2D eigenvalue weighted by molar-refractivity contribution is 5.83. The summed E-state index contributed by atoms with van der Waals surface area (Å²) in [5.74, 6) is 0.692. The monoisotopic (exact) mass is 343 g/mol. The summed E-state index contributed by atoms with van der Waals surface area (Å²) < 4.78 is 0. The first-order chi connectivity index (χ1) is 12.6. The highest BCUT2D eigenvalue weighted by atomic mass is 16.1. The number of fused-ring (bicyclic) bond motifs is 2. The molecule has 0 fully saturated rings. The lowest BCUT2D eigenvalue weighted by atomic mass is 10.1. The van der Waals surface area contributed by atoms with Gasteiger partial charge in [0, 0.05) is 6.54 Å². The summed E-state index contributed by atoms with van der Waals surface area (Å²) in [5.41, 5.74) is 1.88. The van der Waals surface area contributed by atoms with E-state index in [9.17, 15) is 4.79 Å². The van der Waals surface area contributed by atoms with Crippen molar-refractivity contribution in [1.82, 2.24) is 14.9 Å². The fraction of sp³-hybridized carbons (Fsp3) is 0.182. The van der Waals surface area contributed by atoms with Gasteiger partial charge in [-0.15, -0.1) is 0 Å². The minimum absolute atomic E-state index is 0.00113. The molecule has 0 unspecified atom stereocenters. The molecule has 1 N–H and O–H groups in total. The third kappa shape index (κ3) is 3.11. The Balaban J connectivity index is 1.61. The second-order valence-corrected chi connectivity index (χ2v) is 6.74. The van der Waals surface area contributed by atoms with Crippen molar-refractivity contribution >= 4 is 21.7 Å². The SMILES string of the molecule is C[C@H](c1nc2ccccc2c(=O)[nH]1)N(C)Cc1ccc2ccccc2c1. The van der Waals surface area contributed by atoms with Crippen LogP contribution in [-0.2, 0) is 6.54 Å². The van der Waals surface area contributed by atoms with Gasteiger partial charge in [-0.05, 0) is 48.5 Å². The van der Waals surface area contributed by atoms with Gasteiger partial charge < -0.3 is 4.98 Å². The fourth-order valence-electron chi connectivity index (χ4n) is 3.27. The zero-order chi connectivity index (χ0) is 18.1. The van der Waals surface area contributed by atoms with Gasteiger partial charge in [0.15, 0.2) is 0 Å². The summed E-state index contributed by atoms with van der Waals surface area (Å²) in [6.45, 7) is 2.84. The maximum absolute atomic E-state index is 12.3. The number of hydrogen-bond donors (Lipinski definition) is 1. The van der Waals surface area contributed by atoms with Crippen LogP contribution in [0.25, 0.3) is 21.7 Å². The van der Waals surface area contributed by atoms with Gasteiger partial charge in [-0.1, -0.05) is 48.5 Å². The molecule has 130 valence electrons. The molecule has 0 aliphatic carbocycles. The molecule has 26 heavy (non-hydrogen) atoms. The molecule has 1 atom stereocenters. The molecule has 0 amide bonds. The molecule has 0 radical (unpaired) electrons. The molecule has 0 aliphatic rings. The Labute approximate surface area is 152 Å². The van der Waals surface area contributed by atoms with Crippen molar-refractivity contribution in [3.63, 3.8) is 0 Å². The zero-order valence-electron chi connectivity index (χ0n) is 14.9. The van der Waals surface area contributed by atoms with Crippen LogP contribution in [-0.4, -0.2) is 21.9 Å². The third-order valence-corrected chi connectivity index (χ3v) is 4.93. The summed E-state index contributed by atoms with van der Waals surface area (Å²) in [5, 5.41) is 3.11. The zero-order valence-corrected chi connectivity index (χ0v) is 14.9. The van der Waals surface area contributed by atoms with Crippen LogP contribution in [0.15, 0.2) is 71.5 Å². The molecule has 0 saturated heterocycles. The Kier molecular flexibility index (Phi) is 4.27. The lowest BCUT2D eigenvalue weighted by molar-refractivity contribution is 0.244. The van der Waals surface area contributed by atoms with Gasteiger partial charge in [-0.25, -0.2) is 4.98 Å². The molecule has 1 aromatic heterocycles. The first-order valence-electron chi connectivity index (χ1n) is 8.79. The smallest absolute Gasteiger partial charge is 0.258 e. The standard InChI is InChI=1S/C22H21N3O/c1-15(21-23-20-10-6-5-9-19(20)22(26)24-21)25(2)14-16-11-12-17-7-3-4-8-18(17)13-16/h3-13,15H,14H2,1-2H3,(H,23,24,26)/t15-/m1/s1. The predicted molar refractivity (Wildman–Crippen MR) is 106 cm³/mol. The van der Waals surface area contributed by atoms with Gasteiger partial charge in [-0.2, -0.15) is 0 Å². The van der Waals surface area contributed by atoms with Crippen LogP contribution < -0.4 is 5.56 Å². The van der Waals surface area contributed by atoms with Crippen LogP contribution in [0.5, 0.6) is 0 Å². The Hall–Kier alpha value is -2.98. The molecule has 4 rings (SSSR count). The summed E-state index contributed by atoms with van der Waals surface area (Å²) in [7, 11) is 2.05. The Morgan fingerprint density at radius 1 is 1.00 bits per heavy atom. The maximum atomic E-state index is 12.3. The van der Waals surface area contributed by atoms with Gasteiger partial charge >= 0.3 is 0 Å². The predicted octanol–water partition coefficient (Wildman–Crippen LogP) is 4.27. The van der Waals surface area contributed by atoms with Gasteiger partial charge in [0.1, 0.15) is 5.82 Å². The maximum Gasteiger partial charge on any atom is 0.258 e. The van der Waals surface area contributed by atoms with E-state index < -0.39 is 0 Å². The molecule has 0 aliphatic heterocycles. The number of nitrogens with one attached hydrogen (secondary N) is 1. The van der Waals surface area contributed by atoms with Crippen LogP contribution >= 0.6 is 0 Å². The molecular weight excluding hydrogens is 322 g/mol.